The molecule has 1 N–H and O–H groups in total. The van der Waals surface area contributed by atoms with Crippen molar-refractivity contribution >= 4 is 0 Å². The summed E-state index contributed by atoms with van der Waals surface area (Å²) in [6.07, 6.45) is -0.569. The van der Waals surface area contributed by atoms with E-state index in [2.05, 4.69) is 24.0 Å². The number of aliphatic hydroxyl groups excluding tert-OH is 1. The minimum atomic E-state index is -0.569. The molecule has 0 aliphatic rings. The van der Waals surface area contributed by atoms with Crippen molar-refractivity contribution in [3.63, 3.8) is 0 Å². The van der Waals surface area contributed by atoms with E-state index in [1.54, 1.807) is 7.11 Å². The number of methoxy groups -OCH3 is 1. The average molecular weight is 299 g/mol. The van der Waals surface area contributed by atoms with Crippen molar-refractivity contribution in [3.8, 4) is 0 Å². The highest BCUT2D eigenvalue weighted by atomic mass is 16.5. The average Bonchev–Trinajstić information content (AvgIpc) is 2.59. The minimum absolute atomic E-state index is 0.0799. The highest BCUT2D eigenvalue weighted by Crippen LogP contribution is 2.33. The van der Waals surface area contributed by atoms with Gasteiger partial charge in [0.2, 0.25) is 0 Å². The van der Waals surface area contributed by atoms with Crippen molar-refractivity contribution in [1.29, 1.82) is 0 Å². The highest BCUT2D eigenvalue weighted by molar-refractivity contribution is 5.26. The molecule has 0 radical (unpaired) electrons. The van der Waals surface area contributed by atoms with Crippen LogP contribution in [0.1, 0.15) is 30.2 Å². The molecule has 2 rings (SSSR count). The molecular formula is C19H25NO2. The van der Waals surface area contributed by atoms with Crippen molar-refractivity contribution < 1.29 is 9.84 Å². The summed E-state index contributed by atoms with van der Waals surface area (Å²) in [5, 5.41) is 11.0. The van der Waals surface area contributed by atoms with Gasteiger partial charge < -0.3 is 9.84 Å². The Bertz CT molecular complexity index is 530. The standard InChI is InChI=1S/C19H25NO2/c1-3-20(14-15-22-2)18(16-10-6-4-7-11-16)19(21)17-12-8-5-9-13-17/h4-13,18-19,21H,3,14-15H2,1-2H3. The molecule has 0 fully saturated rings. The molecule has 0 saturated carbocycles. The Kier molecular flexibility index (Phi) is 6.59. The van der Waals surface area contributed by atoms with Crippen LogP contribution in [0.4, 0.5) is 0 Å². The molecule has 118 valence electrons. The first-order valence-electron chi connectivity index (χ1n) is 7.78. The quantitative estimate of drug-likeness (QED) is 0.810. The summed E-state index contributed by atoms with van der Waals surface area (Å²) in [5.41, 5.74) is 2.06. The third-order valence-corrected chi connectivity index (χ3v) is 3.96. The number of hydrogen-bond acceptors (Lipinski definition) is 3. The summed E-state index contributed by atoms with van der Waals surface area (Å²) in [4.78, 5) is 2.26. The second kappa shape index (κ2) is 8.69. The van der Waals surface area contributed by atoms with Gasteiger partial charge in [-0.25, -0.2) is 0 Å². The first kappa shape index (κ1) is 16.7. The predicted molar refractivity (Wildman–Crippen MR) is 89.7 cm³/mol. The van der Waals surface area contributed by atoms with Gasteiger partial charge in [0.15, 0.2) is 0 Å². The Morgan fingerprint density at radius 1 is 0.955 bits per heavy atom. The normalized spacial score (nSPS) is 14.0. The maximum atomic E-state index is 11.0. The van der Waals surface area contributed by atoms with Crippen LogP contribution in [0.5, 0.6) is 0 Å². The molecule has 0 spiro atoms. The van der Waals surface area contributed by atoms with E-state index in [1.165, 1.54) is 0 Å². The van der Waals surface area contributed by atoms with Crippen LogP contribution in [0, 0.1) is 0 Å². The van der Waals surface area contributed by atoms with Crippen molar-refractivity contribution in [3.05, 3.63) is 71.8 Å². The van der Waals surface area contributed by atoms with E-state index in [0.717, 1.165) is 24.2 Å². The Morgan fingerprint density at radius 3 is 2.00 bits per heavy atom. The fourth-order valence-corrected chi connectivity index (χ4v) is 2.78. The van der Waals surface area contributed by atoms with E-state index in [9.17, 15) is 5.11 Å². The lowest BCUT2D eigenvalue weighted by Crippen LogP contribution is -2.35. The molecule has 0 aromatic heterocycles. The zero-order chi connectivity index (χ0) is 15.8. The van der Waals surface area contributed by atoms with Crippen molar-refractivity contribution in [1.82, 2.24) is 4.90 Å². The first-order valence-corrected chi connectivity index (χ1v) is 7.78. The fraction of sp³-hybridized carbons (Fsp3) is 0.368. The van der Waals surface area contributed by atoms with Gasteiger partial charge in [0.25, 0.3) is 0 Å². The van der Waals surface area contributed by atoms with Gasteiger partial charge in [0.1, 0.15) is 0 Å². The Balaban J connectivity index is 2.32. The SMILES string of the molecule is CCN(CCOC)C(c1ccccc1)C(O)c1ccccc1. The van der Waals surface area contributed by atoms with Gasteiger partial charge in [0, 0.05) is 13.7 Å². The minimum Gasteiger partial charge on any atom is -0.386 e. The molecule has 3 nitrogen and oxygen atoms in total. The zero-order valence-electron chi connectivity index (χ0n) is 13.4. The maximum Gasteiger partial charge on any atom is 0.0986 e. The van der Waals surface area contributed by atoms with Gasteiger partial charge in [-0.15, -0.1) is 0 Å². The van der Waals surface area contributed by atoms with Crippen LogP contribution in [-0.2, 0) is 4.74 Å². The second-order valence-electron chi connectivity index (χ2n) is 5.33. The molecule has 0 amide bonds. The van der Waals surface area contributed by atoms with E-state index in [-0.39, 0.29) is 6.04 Å². The molecule has 0 aliphatic heterocycles. The van der Waals surface area contributed by atoms with E-state index < -0.39 is 6.10 Å². The summed E-state index contributed by atoms with van der Waals surface area (Å²) in [6, 6.07) is 20.0. The Morgan fingerprint density at radius 2 is 1.50 bits per heavy atom. The highest BCUT2D eigenvalue weighted by Gasteiger charge is 2.27. The van der Waals surface area contributed by atoms with Gasteiger partial charge in [-0.3, -0.25) is 4.90 Å². The summed E-state index contributed by atoms with van der Waals surface area (Å²) in [7, 11) is 1.71. The summed E-state index contributed by atoms with van der Waals surface area (Å²) in [5.74, 6) is 0. The zero-order valence-corrected chi connectivity index (χ0v) is 13.4. The largest absolute Gasteiger partial charge is 0.386 e. The van der Waals surface area contributed by atoms with E-state index in [4.69, 9.17) is 4.74 Å². The lowest BCUT2D eigenvalue weighted by molar-refractivity contribution is 0.0347. The topological polar surface area (TPSA) is 32.7 Å². The van der Waals surface area contributed by atoms with Gasteiger partial charge in [-0.05, 0) is 17.7 Å². The second-order valence-corrected chi connectivity index (χ2v) is 5.33. The Labute approximate surface area is 133 Å². The number of nitrogens with zero attached hydrogens (tertiary/aromatic N) is 1. The van der Waals surface area contributed by atoms with Crippen LogP contribution in [-0.4, -0.2) is 36.8 Å². The molecule has 2 aromatic rings. The molecule has 0 bridgehead atoms. The first-order chi connectivity index (χ1) is 10.8. The smallest absolute Gasteiger partial charge is 0.0986 e. The third-order valence-electron chi connectivity index (χ3n) is 3.96. The molecule has 0 heterocycles. The predicted octanol–water partition coefficient (Wildman–Crippen LogP) is 3.43. The number of rotatable bonds is 8. The summed E-state index contributed by atoms with van der Waals surface area (Å²) in [6.45, 7) is 4.41. The van der Waals surface area contributed by atoms with Crippen LogP contribution < -0.4 is 0 Å². The number of aliphatic hydroxyl groups is 1. The van der Waals surface area contributed by atoms with Crippen LogP contribution >= 0.6 is 0 Å². The molecule has 0 saturated heterocycles. The van der Waals surface area contributed by atoms with Crippen molar-refractivity contribution in [2.75, 3.05) is 26.8 Å². The number of benzene rings is 2. The fourth-order valence-electron chi connectivity index (χ4n) is 2.78. The van der Waals surface area contributed by atoms with Crippen LogP contribution in [0.3, 0.4) is 0 Å². The van der Waals surface area contributed by atoms with E-state index in [1.807, 2.05) is 48.5 Å². The van der Waals surface area contributed by atoms with Crippen LogP contribution in [0.2, 0.25) is 0 Å². The van der Waals surface area contributed by atoms with Crippen LogP contribution in [0.15, 0.2) is 60.7 Å². The monoisotopic (exact) mass is 299 g/mol. The van der Waals surface area contributed by atoms with Gasteiger partial charge in [0.05, 0.1) is 18.8 Å². The van der Waals surface area contributed by atoms with Gasteiger partial charge in [-0.2, -0.15) is 0 Å². The molecule has 0 aliphatic carbocycles. The van der Waals surface area contributed by atoms with Gasteiger partial charge in [-0.1, -0.05) is 67.6 Å². The molecule has 2 unspecified atom stereocenters. The molecule has 2 atom stereocenters. The number of likely N-dealkylation sites (N-methyl/N-ethyl adjacent to an activating group) is 1. The lowest BCUT2D eigenvalue weighted by Gasteiger charge is -2.34. The lowest BCUT2D eigenvalue weighted by atomic mass is 9.94. The van der Waals surface area contributed by atoms with E-state index in [0.29, 0.717) is 6.61 Å². The van der Waals surface area contributed by atoms with Crippen LogP contribution in [0.25, 0.3) is 0 Å². The molecule has 3 heteroatoms. The van der Waals surface area contributed by atoms with Gasteiger partial charge >= 0.3 is 0 Å². The Hall–Kier alpha value is -1.68. The third kappa shape index (κ3) is 4.17. The molecule has 22 heavy (non-hydrogen) atoms. The number of hydrogen-bond donors (Lipinski definition) is 1. The number of ether oxygens (including phenoxy) is 1. The molecule has 2 aromatic carbocycles. The van der Waals surface area contributed by atoms with Crippen molar-refractivity contribution in [2.24, 2.45) is 0 Å². The summed E-state index contributed by atoms with van der Waals surface area (Å²) >= 11 is 0. The van der Waals surface area contributed by atoms with Crippen molar-refractivity contribution in [2.45, 2.75) is 19.1 Å². The molecular weight excluding hydrogens is 274 g/mol. The maximum absolute atomic E-state index is 11.0. The summed E-state index contributed by atoms with van der Waals surface area (Å²) < 4.78 is 5.22. The van der Waals surface area contributed by atoms with E-state index >= 15 is 0 Å².